The predicted octanol–water partition coefficient (Wildman–Crippen LogP) is 3.96. The van der Waals surface area contributed by atoms with Gasteiger partial charge in [0.25, 0.3) is 0 Å². The van der Waals surface area contributed by atoms with Gasteiger partial charge < -0.3 is 10.3 Å². The van der Waals surface area contributed by atoms with Crippen molar-refractivity contribution in [2.24, 2.45) is 0 Å². The standard InChI is InChI=1S/C13H15Cl2N3/c1-2-12(13-16-5-6-17-13)18-8-9-7-10(14)3-4-11(9)15/h3-7,12,18H,2,8H2,1H3,(H,16,17). The van der Waals surface area contributed by atoms with E-state index in [0.29, 0.717) is 11.6 Å². The molecule has 0 amide bonds. The monoisotopic (exact) mass is 283 g/mol. The molecular formula is C13H15Cl2N3. The molecule has 0 saturated heterocycles. The number of benzene rings is 1. The molecule has 1 aromatic heterocycles. The van der Waals surface area contributed by atoms with E-state index in [0.717, 1.165) is 22.8 Å². The lowest BCUT2D eigenvalue weighted by molar-refractivity contribution is 0.498. The highest BCUT2D eigenvalue weighted by molar-refractivity contribution is 6.33. The molecule has 96 valence electrons. The van der Waals surface area contributed by atoms with Crippen LogP contribution in [0.3, 0.4) is 0 Å². The number of aromatic nitrogens is 2. The molecule has 5 heteroatoms. The Hall–Kier alpha value is -1.03. The van der Waals surface area contributed by atoms with Crippen molar-refractivity contribution in [1.82, 2.24) is 15.3 Å². The van der Waals surface area contributed by atoms with Gasteiger partial charge in [-0.25, -0.2) is 4.98 Å². The summed E-state index contributed by atoms with van der Waals surface area (Å²) in [4.78, 5) is 7.38. The van der Waals surface area contributed by atoms with Crippen molar-refractivity contribution in [3.05, 3.63) is 52.0 Å². The van der Waals surface area contributed by atoms with Crippen molar-refractivity contribution >= 4 is 23.2 Å². The molecule has 2 aromatic rings. The average molecular weight is 284 g/mol. The van der Waals surface area contributed by atoms with Crippen molar-refractivity contribution in [3.8, 4) is 0 Å². The van der Waals surface area contributed by atoms with Crippen LogP contribution in [-0.4, -0.2) is 9.97 Å². The molecule has 0 aliphatic heterocycles. The predicted molar refractivity (Wildman–Crippen MR) is 74.9 cm³/mol. The van der Waals surface area contributed by atoms with Crippen LogP contribution in [0.1, 0.15) is 30.8 Å². The van der Waals surface area contributed by atoms with E-state index >= 15 is 0 Å². The van der Waals surface area contributed by atoms with E-state index in [1.165, 1.54) is 0 Å². The third-order valence-corrected chi connectivity index (χ3v) is 3.41. The Morgan fingerprint density at radius 3 is 2.89 bits per heavy atom. The second kappa shape index (κ2) is 6.23. The largest absolute Gasteiger partial charge is 0.347 e. The van der Waals surface area contributed by atoms with Crippen molar-refractivity contribution in [1.29, 1.82) is 0 Å². The van der Waals surface area contributed by atoms with E-state index in [9.17, 15) is 0 Å². The molecule has 0 bridgehead atoms. The van der Waals surface area contributed by atoms with E-state index < -0.39 is 0 Å². The third kappa shape index (κ3) is 3.25. The number of rotatable bonds is 5. The van der Waals surface area contributed by atoms with Gasteiger partial charge in [-0.05, 0) is 30.2 Å². The minimum atomic E-state index is 0.190. The van der Waals surface area contributed by atoms with E-state index in [2.05, 4.69) is 22.2 Å². The van der Waals surface area contributed by atoms with Crippen LogP contribution in [-0.2, 0) is 6.54 Å². The topological polar surface area (TPSA) is 40.7 Å². The summed E-state index contributed by atoms with van der Waals surface area (Å²) in [7, 11) is 0. The normalized spacial score (nSPS) is 12.6. The molecule has 1 atom stereocenters. The van der Waals surface area contributed by atoms with Crippen molar-refractivity contribution in [2.45, 2.75) is 25.9 Å². The highest BCUT2D eigenvalue weighted by atomic mass is 35.5. The molecule has 0 radical (unpaired) electrons. The third-order valence-electron chi connectivity index (χ3n) is 2.80. The lowest BCUT2D eigenvalue weighted by atomic mass is 10.1. The first kappa shape index (κ1) is 13.4. The number of nitrogens with zero attached hydrogens (tertiary/aromatic N) is 1. The number of hydrogen-bond donors (Lipinski definition) is 2. The minimum Gasteiger partial charge on any atom is -0.347 e. The summed E-state index contributed by atoms with van der Waals surface area (Å²) in [5.41, 5.74) is 0.995. The van der Waals surface area contributed by atoms with Crippen molar-refractivity contribution < 1.29 is 0 Å². The average Bonchev–Trinajstić information content (AvgIpc) is 2.88. The lowest BCUT2D eigenvalue weighted by Crippen LogP contribution is -2.21. The first-order valence-electron chi connectivity index (χ1n) is 5.87. The fourth-order valence-corrected chi connectivity index (χ4v) is 2.19. The maximum Gasteiger partial charge on any atom is 0.123 e. The Morgan fingerprint density at radius 1 is 1.39 bits per heavy atom. The van der Waals surface area contributed by atoms with E-state index in [4.69, 9.17) is 23.2 Å². The molecule has 1 aromatic carbocycles. The highest BCUT2D eigenvalue weighted by Crippen LogP contribution is 2.21. The molecular weight excluding hydrogens is 269 g/mol. The molecule has 1 heterocycles. The summed E-state index contributed by atoms with van der Waals surface area (Å²) in [6, 6.07) is 5.67. The van der Waals surface area contributed by atoms with Gasteiger partial charge >= 0.3 is 0 Å². The fraction of sp³-hybridized carbons (Fsp3) is 0.308. The van der Waals surface area contributed by atoms with Gasteiger partial charge in [0.2, 0.25) is 0 Å². The van der Waals surface area contributed by atoms with Crippen LogP contribution in [0.5, 0.6) is 0 Å². The molecule has 0 aliphatic carbocycles. The molecule has 0 saturated carbocycles. The Morgan fingerprint density at radius 2 is 2.22 bits per heavy atom. The summed E-state index contributed by atoms with van der Waals surface area (Å²) in [6.07, 6.45) is 4.53. The summed E-state index contributed by atoms with van der Waals surface area (Å²) in [5.74, 6) is 0.940. The number of hydrogen-bond acceptors (Lipinski definition) is 2. The number of H-pyrrole nitrogens is 1. The van der Waals surface area contributed by atoms with Crippen LogP contribution in [0.4, 0.5) is 0 Å². The quantitative estimate of drug-likeness (QED) is 0.872. The summed E-state index contributed by atoms with van der Waals surface area (Å²) in [6.45, 7) is 2.78. The second-order valence-electron chi connectivity index (χ2n) is 4.05. The molecule has 3 nitrogen and oxygen atoms in total. The Balaban J connectivity index is 2.04. The lowest BCUT2D eigenvalue weighted by Gasteiger charge is -2.15. The first-order valence-corrected chi connectivity index (χ1v) is 6.63. The Kier molecular flexibility index (Phi) is 4.64. The number of nitrogens with one attached hydrogen (secondary N) is 2. The minimum absolute atomic E-state index is 0.190. The number of imidazole rings is 1. The Labute approximate surface area is 117 Å². The summed E-state index contributed by atoms with van der Waals surface area (Å²) in [5, 5.41) is 4.84. The zero-order chi connectivity index (χ0) is 13.0. The molecule has 2 rings (SSSR count). The summed E-state index contributed by atoms with van der Waals surface area (Å²) >= 11 is 12.1. The smallest absolute Gasteiger partial charge is 0.123 e. The molecule has 0 aliphatic rings. The van der Waals surface area contributed by atoms with E-state index in [1.54, 1.807) is 12.3 Å². The fourth-order valence-electron chi connectivity index (χ4n) is 1.81. The van der Waals surface area contributed by atoms with Gasteiger partial charge in [-0.3, -0.25) is 0 Å². The first-order chi connectivity index (χ1) is 8.70. The molecule has 18 heavy (non-hydrogen) atoms. The maximum absolute atomic E-state index is 6.13. The molecule has 0 fully saturated rings. The highest BCUT2D eigenvalue weighted by Gasteiger charge is 2.11. The van der Waals surface area contributed by atoms with Crippen LogP contribution >= 0.6 is 23.2 Å². The van der Waals surface area contributed by atoms with Gasteiger partial charge in [0.05, 0.1) is 6.04 Å². The second-order valence-corrected chi connectivity index (χ2v) is 4.90. The van der Waals surface area contributed by atoms with Gasteiger partial charge in [-0.15, -0.1) is 0 Å². The van der Waals surface area contributed by atoms with Gasteiger partial charge in [0.1, 0.15) is 5.82 Å². The van der Waals surface area contributed by atoms with E-state index in [1.807, 2.05) is 18.3 Å². The van der Waals surface area contributed by atoms with Crippen LogP contribution in [0, 0.1) is 0 Å². The SMILES string of the molecule is CCC(NCc1cc(Cl)ccc1Cl)c1ncc[nH]1. The number of aromatic amines is 1. The van der Waals surface area contributed by atoms with Crippen LogP contribution in [0.25, 0.3) is 0 Å². The molecule has 0 spiro atoms. The van der Waals surface area contributed by atoms with Crippen LogP contribution < -0.4 is 5.32 Å². The van der Waals surface area contributed by atoms with Crippen LogP contribution in [0.15, 0.2) is 30.6 Å². The van der Waals surface area contributed by atoms with Crippen molar-refractivity contribution in [2.75, 3.05) is 0 Å². The van der Waals surface area contributed by atoms with Gasteiger partial charge in [-0.1, -0.05) is 30.1 Å². The van der Waals surface area contributed by atoms with E-state index in [-0.39, 0.29) is 6.04 Å². The maximum atomic E-state index is 6.13. The molecule has 2 N–H and O–H groups in total. The number of halogens is 2. The summed E-state index contributed by atoms with van der Waals surface area (Å²) < 4.78 is 0. The van der Waals surface area contributed by atoms with Gasteiger partial charge in [0, 0.05) is 29.0 Å². The van der Waals surface area contributed by atoms with Gasteiger partial charge in [0.15, 0.2) is 0 Å². The van der Waals surface area contributed by atoms with Crippen molar-refractivity contribution in [3.63, 3.8) is 0 Å². The zero-order valence-electron chi connectivity index (χ0n) is 10.1. The van der Waals surface area contributed by atoms with Gasteiger partial charge in [-0.2, -0.15) is 0 Å². The Bertz CT molecular complexity index is 497. The molecule has 1 unspecified atom stereocenters. The van der Waals surface area contributed by atoms with Crippen LogP contribution in [0.2, 0.25) is 10.0 Å². The zero-order valence-corrected chi connectivity index (χ0v) is 11.6.